The Morgan fingerprint density at radius 1 is 1.16 bits per heavy atom. The number of nitrogens with zero attached hydrogens (tertiary/aromatic N) is 1. The number of rotatable bonds is 8. The molecule has 5 nitrogen and oxygen atoms in total. The van der Waals surface area contributed by atoms with Crippen LogP contribution >= 0.6 is 0 Å². The molecule has 3 aromatic rings. The molecule has 2 aliphatic carbocycles. The Balaban J connectivity index is 1.33. The quantitative estimate of drug-likeness (QED) is 0.473. The van der Waals surface area contributed by atoms with Crippen molar-refractivity contribution in [2.75, 3.05) is 6.54 Å². The molecule has 1 atom stereocenters. The first-order chi connectivity index (χ1) is 15.7. The fraction of sp³-hybridized carbons (Fsp3) is 0.333. The van der Waals surface area contributed by atoms with Gasteiger partial charge in [-0.05, 0) is 73.4 Å². The lowest BCUT2D eigenvalue weighted by atomic mass is 9.81. The van der Waals surface area contributed by atoms with Gasteiger partial charge in [0, 0.05) is 24.1 Å². The summed E-state index contributed by atoms with van der Waals surface area (Å²) in [6.45, 7) is 0.525. The average Bonchev–Trinajstić information content (AvgIpc) is 3.57. The van der Waals surface area contributed by atoms with Crippen molar-refractivity contribution >= 4 is 11.5 Å². The van der Waals surface area contributed by atoms with Crippen LogP contribution in [0.2, 0.25) is 0 Å². The molecule has 0 saturated heterocycles. The smallest absolute Gasteiger partial charge is 0.255 e. The molecular formula is C27H29N3O2. The average molecular weight is 428 g/mol. The highest BCUT2D eigenvalue weighted by atomic mass is 16.3. The van der Waals surface area contributed by atoms with Crippen molar-refractivity contribution < 1.29 is 9.90 Å². The van der Waals surface area contributed by atoms with Gasteiger partial charge in [-0.25, -0.2) is 0 Å². The van der Waals surface area contributed by atoms with E-state index in [0.717, 1.165) is 31.4 Å². The van der Waals surface area contributed by atoms with Crippen LogP contribution in [0.1, 0.15) is 64.5 Å². The summed E-state index contributed by atoms with van der Waals surface area (Å²) >= 11 is 0. The molecule has 1 heterocycles. The van der Waals surface area contributed by atoms with E-state index in [1.165, 1.54) is 35.2 Å². The number of aryl methyl sites for hydroxylation is 2. The minimum Gasteiger partial charge on any atom is -0.507 e. The third-order valence-corrected chi connectivity index (χ3v) is 6.61. The lowest BCUT2D eigenvalue weighted by Gasteiger charge is -2.26. The fourth-order valence-electron chi connectivity index (χ4n) is 4.67. The number of hydrogen-bond donors (Lipinski definition) is 3. The third-order valence-electron chi connectivity index (χ3n) is 6.61. The van der Waals surface area contributed by atoms with Crippen LogP contribution in [-0.4, -0.2) is 27.8 Å². The molecule has 1 saturated carbocycles. The number of aromatic hydroxyl groups is 1. The molecule has 0 radical (unpaired) electrons. The number of para-hydroxylation sites is 1. The molecule has 1 amide bonds. The summed E-state index contributed by atoms with van der Waals surface area (Å²) in [4.78, 5) is 12.8. The number of phenols is 1. The van der Waals surface area contributed by atoms with Crippen molar-refractivity contribution in [3.05, 3.63) is 88.8 Å². The van der Waals surface area contributed by atoms with Crippen LogP contribution in [-0.2, 0) is 12.8 Å². The molecule has 2 aliphatic rings. The van der Waals surface area contributed by atoms with Gasteiger partial charge < -0.3 is 10.4 Å². The number of amides is 1. The van der Waals surface area contributed by atoms with Gasteiger partial charge in [-0.3, -0.25) is 9.89 Å². The van der Waals surface area contributed by atoms with Crippen molar-refractivity contribution in [3.8, 4) is 5.75 Å². The van der Waals surface area contributed by atoms with Gasteiger partial charge in [-0.15, -0.1) is 0 Å². The summed E-state index contributed by atoms with van der Waals surface area (Å²) in [6, 6.07) is 17.5. The normalized spacial score (nSPS) is 16.2. The van der Waals surface area contributed by atoms with E-state index in [9.17, 15) is 9.90 Å². The first-order valence-corrected chi connectivity index (χ1v) is 11.6. The SMILES string of the molecule is O=C(NCC(CCc1cc(C2CC2)n[nH]1)C1=CCCc2ccccc21)c1ccccc1O. The van der Waals surface area contributed by atoms with Gasteiger partial charge >= 0.3 is 0 Å². The summed E-state index contributed by atoms with van der Waals surface area (Å²) in [7, 11) is 0. The molecular weight excluding hydrogens is 398 g/mol. The van der Waals surface area contributed by atoms with E-state index >= 15 is 0 Å². The number of allylic oxidation sites excluding steroid dienone is 1. The van der Waals surface area contributed by atoms with Gasteiger partial charge in [0.1, 0.15) is 5.75 Å². The van der Waals surface area contributed by atoms with Crippen molar-refractivity contribution in [2.24, 2.45) is 5.92 Å². The molecule has 5 heteroatoms. The molecule has 0 bridgehead atoms. The van der Waals surface area contributed by atoms with Gasteiger partial charge in [0.25, 0.3) is 5.91 Å². The van der Waals surface area contributed by atoms with Crippen molar-refractivity contribution in [1.29, 1.82) is 0 Å². The number of carbonyl (C=O) groups excluding carboxylic acids is 1. The Morgan fingerprint density at radius 2 is 1.97 bits per heavy atom. The van der Waals surface area contributed by atoms with Gasteiger partial charge in [0.05, 0.1) is 11.3 Å². The van der Waals surface area contributed by atoms with Crippen molar-refractivity contribution in [3.63, 3.8) is 0 Å². The maximum Gasteiger partial charge on any atom is 0.255 e. The molecule has 32 heavy (non-hydrogen) atoms. The molecule has 0 spiro atoms. The monoisotopic (exact) mass is 427 g/mol. The molecule has 5 rings (SSSR count). The Labute approximate surface area is 188 Å². The summed E-state index contributed by atoms with van der Waals surface area (Å²) in [6.07, 6.45) is 8.70. The molecule has 3 N–H and O–H groups in total. The number of nitrogens with one attached hydrogen (secondary N) is 2. The highest BCUT2D eigenvalue weighted by molar-refractivity contribution is 5.96. The van der Waals surface area contributed by atoms with Crippen LogP contribution in [0.4, 0.5) is 0 Å². The minimum atomic E-state index is -0.240. The summed E-state index contributed by atoms with van der Waals surface area (Å²) in [5.74, 6) is 0.588. The zero-order chi connectivity index (χ0) is 21.9. The highest BCUT2D eigenvalue weighted by Crippen LogP contribution is 2.39. The highest BCUT2D eigenvalue weighted by Gasteiger charge is 2.27. The van der Waals surface area contributed by atoms with Crippen LogP contribution in [0.5, 0.6) is 5.75 Å². The summed E-state index contributed by atoms with van der Waals surface area (Å²) in [5, 5.41) is 20.8. The molecule has 2 aromatic carbocycles. The van der Waals surface area contributed by atoms with Crippen LogP contribution in [0.25, 0.3) is 5.57 Å². The summed E-state index contributed by atoms with van der Waals surface area (Å²) in [5.41, 5.74) is 6.64. The Kier molecular flexibility index (Phi) is 5.80. The lowest BCUT2D eigenvalue weighted by Crippen LogP contribution is -2.30. The Morgan fingerprint density at radius 3 is 2.81 bits per heavy atom. The maximum atomic E-state index is 12.8. The second-order valence-corrected chi connectivity index (χ2v) is 8.91. The van der Waals surface area contributed by atoms with E-state index in [1.54, 1.807) is 24.3 Å². The van der Waals surface area contributed by atoms with E-state index in [1.807, 2.05) is 0 Å². The number of H-pyrrole nitrogens is 1. The number of aromatic nitrogens is 2. The topological polar surface area (TPSA) is 78.0 Å². The third kappa shape index (κ3) is 4.47. The van der Waals surface area contributed by atoms with E-state index in [2.05, 4.69) is 51.9 Å². The zero-order valence-electron chi connectivity index (χ0n) is 18.2. The number of fused-ring (bicyclic) bond motifs is 1. The van der Waals surface area contributed by atoms with Crippen molar-refractivity contribution in [1.82, 2.24) is 15.5 Å². The first kappa shape index (κ1) is 20.6. The van der Waals surface area contributed by atoms with Crippen LogP contribution < -0.4 is 5.32 Å². The maximum absolute atomic E-state index is 12.8. The Bertz CT molecular complexity index is 1140. The number of carbonyl (C=O) groups is 1. The number of benzene rings is 2. The second-order valence-electron chi connectivity index (χ2n) is 8.91. The second kappa shape index (κ2) is 9.03. The molecule has 0 aliphatic heterocycles. The van der Waals surface area contributed by atoms with Crippen LogP contribution in [0.15, 0.2) is 60.7 Å². The lowest BCUT2D eigenvalue weighted by molar-refractivity contribution is 0.0947. The largest absolute Gasteiger partial charge is 0.507 e. The fourth-order valence-corrected chi connectivity index (χ4v) is 4.67. The van der Waals surface area contributed by atoms with Gasteiger partial charge in [-0.1, -0.05) is 42.5 Å². The first-order valence-electron chi connectivity index (χ1n) is 11.6. The van der Waals surface area contributed by atoms with Gasteiger partial charge in [-0.2, -0.15) is 5.10 Å². The zero-order valence-corrected chi connectivity index (χ0v) is 18.2. The summed E-state index contributed by atoms with van der Waals surface area (Å²) < 4.78 is 0. The Hall–Kier alpha value is -3.34. The predicted molar refractivity (Wildman–Crippen MR) is 126 cm³/mol. The minimum absolute atomic E-state index is 0.00819. The van der Waals surface area contributed by atoms with Gasteiger partial charge in [0.2, 0.25) is 0 Å². The number of hydrogen-bond acceptors (Lipinski definition) is 3. The van der Waals surface area contributed by atoms with Crippen molar-refractivity contribution in [2.45, 2.75) is 44.4 Å². The molecule has 1 unspecified atom stereocenters. The molecule has 1 fully saturated rings. The van der Waals surface area contributed by atoms with E-state index in [0.29, 0.717) is 18.0 Å². The standard InChI is InChI=1S/C27H29N3O2/c31-26-11-4-3-9-24(26)27(32)28-17-20(14-15-21-16-25(30-29-21)19-12-13-19)23-10-5-7-18-6-1-2-8-22(18)23/h1-4,6,8-11,16,19-20,31H,5,7,12-15,17H2,(H,28,32)(H,29,30). The number of phenolic OH excluding ortho intramolecular Hbond substituents is 1. The van der Waals surface area contributed by atoms with E-state index in [-0.39, 0.29) is 17.6 Å². The molecule has 1 aromatic heterocycles. The number of aromatic amines is 1. The van der Waals surface area contributed by atoms with Gasteiger partial charge in [0.15, 0.2) is 0 Å². The van der Waals surface area contributed by atoms with Crippen LogP contribution in [0, 0.1) is 5.92 Å². The van der Waals surface area contributed by atoms with Crippen LogP contribution in [0.3, 0.4) is 0 Å². The van der Waals surface area contributed by atoms with E-state index in [4.69, 9.17) is 0 Å². The molecule has 164 valence electrons. The predicted octanol–water partition coefficient (Wildman–Crippen LogP) is 5.00. The van der Waals surface area contributed by atoms with E-state index < -0.39 is 0 Å².